The van der Waals surface area contributed by atoms with Gasteiger partial charge in [-0.3, -0.25) is 0 Å². The van der Waals surface area contributed by atoms with Crippen LogP contribution in [-0.4, -0.2) is 48.0 Å². The van der Waals surface area contributed by atoms with Gasteiger partial charge in [-0.15, -0.1) is 0 Å². The first-order chi connectivity index (χ1) is 9.64. The summed E-state index contributed by atoms with van der Waals surface area (Å²) in [5, 5.41) is 11.3. The van der Waals surface area contributed by atoms with Gasteiger partial charge in [-0.1, -0.05) is 0 Å². The summed E-state index contributed by atoms with van der Waals surface area (Å²) in [6, 6.07) is 5.74. The fourth-order valence-electron chi connectivity index (χ4n) is 1.65. The molecule has 0 atom stereocenters. The van der Waals surface area contributed by atoms with E-state index in [4.69, 9.17) is 5.26 Å². The Kier molecular flexibility index (Phi) is 5.33. The number of nitriles is 1. The summed E-state index contributed by atoms with van der Waals surface area (Å²) < 4.78 is 49.1. The van der Waals surface area contributed by atoms with Gasteiger partial charge in [0, 0.05) is 33.3 Å². The summed E-state index contributed by atoms with van der Waals surface area (Å²) >= 11 is 0. The zero-order chi connectivity index (χ0) is 16.3. The quantitative estimate of drug-likeness (QED) is 0.821. The molecule has 0 aliphatic heterocycles. The first-order valence-corrected chi connectivity index (χ1v) is 9.33. The van der Waals surface area contributed by atoms with E-state index in [0.29, 0.717) is 5.69 Å². The first kappa shape index (κ1) is 17.4. The van der Waals surface area contributed by atoms with Gasteiger partial charge in [-0.05, 0) is 18.2 Å². The molecule has 1 rings (SSSR count). The van der Waals surface area contributed by atoms with E-state index < -0.39 is 19.9 Å². The van der Waals surface area contributed by atoms with Crippen molar-refractivity contribution in [1.29, 1.82) is 5.26 Å². The van der Waals surface area contributed by atoms with Crippen molar-refractivity contribution in [1.82, 2.24) is 4.31 Å². The van der Waals surface area contributed by atoms with E-state index in [0.717, 1.165) is 16.6 Å². The molecule has 1 aromatic rings. The van der Waals surface area contributed by atoms with E-state index in [-0.39, 0.29) is 22.8 Å². The smallest absolute Gasteiger partial charge is 0.244 e. The minimum Gasteiger partial charge on any atom is -0.387 e. The Bertz CT molecular complexity index is 764. The highest BCUT2D eigenvalue weighted by Gasteiger charge is 2.25. The van der Waals surface area contributed by atoms with Gasteiger partial charge in [-0.2, -0.15) is 9.57 Å². The molecule has 0 aromatic heterocycles. The summed E-state index contributed by atoms with van der Waals surface area (Å²) in [7, 11) is -4.51. The molecule has 9 heteroatoms. The van der Waals surface area contributed by atoms with Crippen molar-refractivity contribution in [2.24, 2.45) is 0 Å². The van der Waals surface area contributed by atoms with Crippen LogP contribution in [0, 0.1) is 11.3 Å². The number of hydrogen-bond donors (Lipinski definition) is 1. The van der Waals surface area contributed by atoms with Crippen LogP contribution in [0.1, 0.15) is 6.42 Å². The third-order valence-corrected chi connectivity index (χ3v) is 5.88. The highest BCUT2D eigenvalue weighted by atomic mass is 32.2. The van der Waals surface area contributed by atoms with E-state index >= 15 is 0 Å². The largest absolute Gasteiger partial charge is 0.387 e. The zero-order valence-electron chi connectivity index (χ0n) is 12.0. The van der Waals surface area contributed by atoms with Gasteiger partial charge in [0.25, 0.3) is 0 Å². The van der Waals surface area contributed by atoms with Crippen molar-refractivity contribution in [3.05, 3.63) is 18.2 Å². The Morgan fingerprint density at radius 2 is 1.90 bits per heavy atom. The lowest BCUT2D eigenvalue weighted by Gasteiger charge is -2.18. The molecule has 116 valence electrons. The molecule has 0 amide bonds. The molecule has 0 heterocycles. The number of benzene rings is 1. The number of rotatable bonds is 6. The molecule has 0 saturated carbocycles. The number of nitrogens with zero attached hydrogens (tertiary/aromatic N) is 2. The molecule has 1 aromatic carbocycles. The molecule has 0 fully saturated rings. The Balaban J connectivity index is 3.43. The average molecular weight is 331 g/mol. The molecule has 0 spiro atoms. The summed E-state index contributed by atoms with van der Waals surface area (Å²) in [4.78, 5) is -0.206. The molecule has 0 radical (unpaired) electrons. The molecular weight excluding hydrogens is 314 g/mol. The normalized spacial score (nSPS) is 12.1. The fourth-order valence-corrected chi connectivity index (χ4v) is 3.76. The lowest BCUT2D eigenvalue weighted by atomic mass is 10.3. The van der Waals surface area contributed by atoms with Gasteiger partial charge in [0.05, 0.1) is 16.7 Å². The van der Waals surface area contributed by atoms with E-state index in [1.807, 2.05) is 6.07 Å². The maximum Gasteiger partial charge on any atom is 0.244 e. The number of nitrogens with one attached hydrogen (secondary N) is 1. The van der Waals surface area contributed by atoms with Crippen LogP contribution in [-0.2, 0) is 19.9 Å². The van der Waals surface area contributed by atoms with Crippen LogP contribution >= 0.6 is 0 Å². The van der Waals surface area contributed by atoms with Crippen LogP contribution < -0.4 is 5.32 Å². The second-order valence-electron chi connectivity index (χ2n) is 4.41. The maximum absolute atomic E-state index is 12.5. The van der Waals surface area contributed by atoms with E-state index in [1.54, 1.807) is 7.05 Å². The molecule has 21 heavy (non-hydrogen) atoms. The molecule has 0 aliphatic carbocycles. The van der Waals surface area contributed by atoms with Gasteiger partial charge in [0.2, 0.25) is 10.0 Å². The fraction of sp³-hybridized carbons (Fsp3) is 0.417. The number of sulfonamides is 1. The first-order valence-electron chi connectivity index (χ1n) is 5.99. The van der Waals surface area contributed by atoms with Crippen LogP contribution in [0.3, 0.4) is 0 Å². The van der Waals surface area contributed by atoms with Crippen molar-refractivity contribution < 1.29 is 16.8 Å². The summed E-state index contributed by atoms with van der Waals surface area (Å²) in [6.07, 6.45) is 1.06. The van der Waals surface area contributed by atoms with E-state index in [2.05, 4.69) is 5.32 Å². The van der Waals surface area contributed by atoms with E-state index in [1.165, 1.54) is 19.2 Å². The average Bonchev–Trinajstić information content (AvgIpc) is 2.42. The third kappa shape index (κ3) is 3.93. The van der Waals surface area contributed by atoms with Crippen LogP contribution in [0.15, 0.2) is 28.0 Å². The van der Waals surface area contributed by atoms with Gasteiger partial charge in [0.15, 0.2) is 9.84 Å². The number of sulfone groups is 1. The molecule has 7 nitrogen and oxygen atoms in total. The van der Waals surface area contributed by atoms with Gasteiger partial charge < -0.3 is 5.32 Å². The standard InChI is InChI=1S/C12H17N3O4S2/c1-14-11-6-5-10(20(3,16)17)9-12(11)21(18,19)15(2)8-4-7-13/h5-6,9,14H,4,8H2,1-3H3. The zero-order valence-corrected chi connectivity index (χ0v) is 13.6. The third-order valence-electron chi connectivity index (χ3n) is 2.88. The van der Waals surface area contributed by atoms with Gasteiger partial charge >= 0.3 is 0 Å². The van der Waals surface area contributed by atoms with Crippen molar-refractivity contribution in [2.75, 3.05) is 32.2 Å². The lowest BCUT2D eigenvalue weighted by molar-refractivity contribution is 0.476. The van der Waals surface area contributed by atoms with Gasteiger partial charge in [0.1, 0.15) is 4.90 Å². The van der Waals surface area contributed by atoms with Crippen LogP contribution in [0.25, 0.3) is 0 Å². The van der Waals surface area contributed by atoms with E-state index in [9.17, 15) is 16.8 Å². The topological polar surface area (TPSA) is 107 Å². The highest BCUT2D eigenvalue weighted by molar-refractivity contribution is 7.91. The molecule has 0 bridgehead atoms. The molecule has 0 aliphatic rings. The summed E-state index contributed by atoms with van der Waals surface area (Å²) in [5.74, 6) is 0. The Morgan fingerprint density at radius 1 is 1.29 bits per heavy atom. The van der Waals surface area contributed by atoms with Crippen molar-refractivity contribution in [3.63, 3.8) is 0 Å². The molecule has 1 N–H and O–H groups in total. The Labute approximate surface area is 125 Å². The molecule has 0 unspecified atom stereocenters. The van der Waals surface area contributed by atoms with Crippen LogP contribution in [0.4, 0.5) is 5.69 Å². The minimum absolute atomic E-state index is 0.0328. The Morgan fingerprint density at radius 3 is 2.38 bits per heavy atom. The monoisotopic (exact) mass is 331 g/mol. The van der Waals surface area contributed by atoms with Crippen LogP contribution in [0.2, 0.25) is 0 Å². The molecule has 0 saturated heterocycles. The predicted molar refractivity (Wildman–Crippen MR) is 79.1 cm³/mol. The van der Waals surface area contributed by atoms with Crippen LogP contribution in [0.5, 0.6) is 0 Å². The van der Waals surface area contributed by atoms with Crippen molar-refractivity contribution in [2.45, 2.75) is 16.2 Å². The SMILES string of the molecule is CNc1ccc(S(C)(=O)=O)cc1S(=O)(=O)N(C)CCC#N. The van der Waals surface area contributed by atoms with Crippen molar-refractivity contribution >= 4 is 25.5 Å². The second kappa shape index (κ2) is 6.43. The highest BCUT2D eigenvalue weighted by Crippen LogP contribution is 2.27. The minimum atomic E-state index is -3.88. The summed E-state index contributed by atoms with van der Waals surface area (Å²) in [6.45, 7) is 0.0328. The predicted octanol–water partition coefficient (Wildman–Crippen LogP) is 0.666. The van der Waals surface area contributed by atoms with Crippen molar-refractivity contribution in [3.8, 4) is 6.07 Å². The van der Waals surface area contributed by atoms with Gasteiger partial charge in [-0.25, -0.2) is 16.8 Å². The number of hydrogen-bond acceptors (Lipinski definition) is 6. The summed E-state index contributed by atoms with van der Waals surface area (Å²) in [5.41, 5.74) is 0.297. The second-order valence-corrected chi connectivity index (χ2v) is 8.44. The Hall–Kier alpha value is -1.63. The molecular formula is C12H17N3O4S2. The maximum atomic E-state index is 12.5. The lowest BCUT2D eigenvalue weighted by Crippen LogP contribution is -2.28. The number of anilines is 1.